The van der Waals surface area contributed by atoms with E-state index in [-0.39, 0.29) is 6.61 Å². The number of aryl methyl sites for hydroxylation is 1. The predicted octanol–water partition coefficient (Wildman–Crippen LogP) is 3.99. The average molecular weight is 354 g/mol. The van der Waals surface area contributed by atoms with Gasteiger partial charge in [0.2, 0.25) is 0 Å². The number of esters is 1. The summed E-state index contributed by atoms with van der Waals surface area (Å²) in [5, 5.41) is 4.85. The Bertz CT molecular complexity index is 890. The van der Waals surface area contributed by atoms with Crippen molar-refractivity contribution < 1.29 is 9.53 Å². The molecular formula is C19H16ClN3O2. The maximum absolute atomic E-state index is 11.9. The van der Waals surface area contributed by atoms with Crippen LogP contribution in [0.1, 0.15) is 17.0 Å². The summed E-state index contributed by atoms with van der Waals surface area (Å²) in [6, 6.07) is 15.0. The summed E-state index contributed by atoms with van der Waals surface area (Å²) in [7, 11) is 0. The summed E-state index contributed by atoms with van der Waals surface area (Å²) in [6.07, 6.45) is 4.60. The maximum atomic E-state index is 11.9. The molecule has 2 aromatic heterocycles. The quantitative estimate of drug-likeness (QED) is 0.514. The van der Waals surface area contributed by atoms with Crippen molar-refractivity contribution in [2.24, 2.45) is 0 Å². The molecule has 0 aliphatic rings. The van der Waals surface area contributed by atoms with Gasteiger partial charge < -0.3 is 4.74 Å². The van der Waals surface area contributed by atoms with Crippen LogP contribution in [0.4, 0.5) is 0 Å². The zero-order valence-corrected chi connectivity index (χ0v) is 14.3. The van der Waals surface area contributed by atoms with Gasteiger partial charge in [0.25, 0.3) is 0 Å². The first-order chi connectivity index (χ1) is 12.1. The lowest BCUT2D eigenvalue weighted by molar-refractivity contribution is -0.138. The van der Waals surface area contributed by atoms with Crippen LogP contribution in [0.3, 0.4) is 0 Å². The molecule has 2 heterocycles. The Morgan fingerprint density at radius 1 is 1.20 bits per heavy atom. The number of carbonyl (C=O) groups is 1. The van der Waals surface area contributed by atoms with Crippen molar-refractivity contribution in [3.8, 4) is 5.69 Å². The number of carbonyl (C=O) groups excluding carboxylic acids is 1. The van der Waals surface area contributed by atoms with E-state index in [0.29, 0.717) is 16.4 Å². The monoisotopic (exact) mass is 353 g/mol. The molecule has 1 aromatic carbocycles. The van der Waals surface area contributed by atoms with Crippen LogP contribution in [0.25, 0.3) is 11.8 Å². The molecule has 0 aliphatic heterocycles. The SMILES string of the molecule is Cc1nn(-c2ccccc2)c(Cl)c1COC(=O)C=Cc1ccccn1. The molecule has 5 nitrogen and oxygen atoms in total. The molecule has 3 rings (SSSR count). The third-order valence-corrected chi connectivity index (χ3v) is 3.95. The number of pyridine rings is 1. The van der Waals surface area contributed by atoms with E-state index in [1.807, 2.05) is 49.4 Å². The molecule has 0 aliphatic carbocycles. The number of para-hydroxylation sites is 1. The Labute approximate surface area is 150 Å². The van der Waals surface area contributed by atoms with Gasteiger partial charge in [0.05, 0.1) is 17.1 Å². The van der Waals surface area contributed by atoms with Crippen molar-refractivity contribution >= 4 is 23.6 Å². The van der Waals surface area contributed by atoms with Gasteiger partial charge in [-0.25, -0.2) is 9.48 Å². The molecule has 0 spiro atoms. The highest BCUT2D eigenvalue weighted by atomic mass is 35.5. The molecule has 0 radical (unpaired) electrons. The van der Waals surface area contributed by atoms with E-state index in [2.05, 4.69) is 10.1 Å². The Kier molecular flexibility index (Phi) is 5.26. The van der Waals surface area contributed by atoms with Crippen LogP contribution in [0.15, 0.2) is 60.8 Å². The molecule has 3 aromatic rings. The van der Waals surface area contributed by atoms with E-state index in [1.165, 1.54) is 6.08 Å². The molecule has 6 heteroatoms. The van der Waals surface area contributed by atoms with E-state index >= 15 is 0 Å². The number of hydrogen-bond acceptors (Lipinski definition) is 4. The fourth-order valence-electron chi connectivity index (χ4n) is 2.26. The maximum Gasteiger partial charge on any atom is 0.331 e. The van der Waals surface area contributed by atoms with Gasteiger partial charge in [-0.15, -0.1) is 0 Å². The number of ether oxygens (including phenoxy) is 1. The third-order valence-electron chi connectivity index (χ3n) is 3.56. The highest BCUT2D eigenvalue weighted by Crippen LogP contribution is 2.24. The molecule has 126 valence electrons. The molecule has 0 bridgehead atoms. The fraction of sp³-hybridized carbons (Fsp3) is 0.105. The van der Waals surface area contributed by atoms with Crippen LogP contribution in [-0.2, 0) is 16.1 Å². The second kappa shape index (κ2) is 7.77. The van der Waals surface area contributed by atoms with Crippen LogP contribution in [0.2, 0.25) is 5.15 Å². The molecule has 25 heavy (non-hydrogen) atoms. The summed E-state index contributed by atoms with van der Waals surface area (Å²) in [5.41, 5.74) is 2.94. The largest absolute Gasteiger partial charge is 0.457 e. The predicted molar refractivity (Wildman–Crippen MR) is 96.4 cm³/mol. The minimum atomic E-state index is -0.464. The molecule has 0 saturated carbocycles. The van der Waals surface area contributed by atoms with E-state index in [0.717, 1.165) is 11.4 Å². The van der Waals surface area contributed by atoms with Crippen molar-refractivity contribution in [3.05, 3.63) is 82.9 Å². The standard InChI is InChI=1S/C19H16ClN3O2/c1-14-17(19(20)23(22-14)16-8-3-2-4-9-16)13-25-18(24)11-10-15-7-5-6-12-21-15/h2-12H,13H2,1H3. The molecule has 0 amide bonds. The lowest BCUT2D eigenvalue weighted by atomic mass is 10.3. The molecular weight excluding hydrogens is 338 g/mol. The minimum absolute atomic E-state index is 0.0584. The van der Waals surface area contributed by atoms with Gasteiger partial charge in [0.1, 0.15) is 11.8 Å². The van der Waals surface area contributed by atoms with Crippen LogP contribution in [0, 0.1) is 6.92 Å². The van der Waals surface area contributed by atoms with Crippen LogP contribution < -0.4 is 0 Å². The highest BCUT2D eigenvalue weighted by Gasteiger charge is 2.15. The summed E-state index contributed by atoms with van der Waals surface area (Å²) in [4.78, 5) is 16.0. The van der Waals surface area contributed by atoms with Crippen LogP contribution in [-0.4, -0.2) is 20.7 Å². The number of nitrogens with zero attached hydrogens (tertiary/aromatic N) is 3. The number of hydrogen-bond donors (Lipinski definition) is 0. The van der Waals surface area contributed by atoms with Gasteiger partial charge in [0, 0.05) is 17.8 Å². The first-order valence-corrected chi connectivity index (χ1v) is 8.08. The zero-order chi connectivity index (χ0) is 17.6. The first-order valence-electron chi connectivity index (χ1n) is 7.70. The average Bonchev–Trinajstić information content (AvgIpc) is 2.94. The highest BCUT2D eigenvalue weighted by molar-refractivity contribution is 6.30. The van der Waals surface area contributed by atoms with Gasteiger partial charge in [-0.1, -0.05) is 35.9 Å². The van der Waals surface area contributed by atoms with Crippen molar-refractivity contribution in [1.82, 2.24) is 14.8 Å². The van der Waals surface area contributed by atoms with Gasteiger partial charge >= 0.3 is 5.97 Å². The Morgan fingerprint density at radius 3 is 2.68 bits per heavy atom. The smallest absolute Gasteiger partial charge is 0.331 e. The lowest BCUT2D eigenvalue weighted by Gasteiger charge is -2.04. The molecule has 0 fully saturated rings. The second-order valence-corrected chi connectivity index (χ2v) is 5.66. The summed E-state index contributed by atoms with van der Waals surface area (Å²) >= 11 is 6.40. The summed E-state index contributed by atoms with van der Waals surface area (Å²) < 4.78 is 6.90. The van der Waals surface area contributed by atoms with E-state index in [9.17, 15) is 4.79 Å². The summed E-state index contributed by atoms with van der Waals surface area (Å²) in [5.74, 6) is -0.464. The molecule has 0 N–H and O–H groups in total. The normalized spacial score (nSPS) is 11.0. The molecule has 0 saturated heterocycles. The zero-order valence-electron chi connectivity index (χ0n) is 13.6. The lowest BCUT2D eigenvalue weighted by Crippen LogP contribution is -2.02. The molecule has 0 atom stereocenters. The number of halogens is 1. The van der Waals surface area contributed by atoms with E-state index in [1.54, 1.807) is 23.0 Å². The van der Waals surface area contributed by atoms with Crippen LogP contribution >= 0.6 is 11.6 Å². The van der Waals surface area contributed by atoms with Crippen molar-refractivity contribution in [1.29, 1.82) is 0 Å². The molecule has 0 unspecified atom stereocenters. The first kappa shape index (κ1) is 16.9. The third kappa shape index (κ3) is 4.14. The topological polar surface area (TPSA) is 57.0 Å². The van der Waals surface area contributed by atoms with Gasteiger partial charge in [-0.05, 0) is 37.3 Å². The van der Waals surface area contributed by atoms with Crippen LogP contribution in [0.5, 0.6) is 0 Å². The Hall–Kier alpha value is -2.92. The van der Waals surface area contributed by atoms with Gasteiger partial charge in [-0.2, -0.15) is 5.10 Å². The Morgan fingerprint density at radius 2 is 1.96 bits per heavy atom. The fourth-order valence-corrected chi connectivity index (χ4v) is 2.58. The van der Waals surface area contributed by atoms with E-state index in [4.69, 9.17) is 16.3 Å². The summed E-state index contributed by atoms with van der Waals surface area (Å²) in [6.45, 7) is 1.89. The Balaban J connectivity index is 1.68. The minimum Gasteiger partial charge on any atom is -0.457 e. The van der Waals surface area contributed by atoms with Crippen molar-refractivity contribution in [3.63, 3.8) is 0 Å². The van der Waals surface area contributed by atoms with E-state index < -0.39 is 5.97 Å². The number of aromatic nitrogens is 3. The van der Waals surface area contributed by atoms with Gasteiger partial charge in [0.15, 0.2) is 0 Å². The second-order valence-electron chi connectivity index (χ2n) is 5.30. The van der Waals surface area contributed by atoms with Crippen molar-refractivity contribution in [2.45, 2.75) is 13.5 Å². The number of rotatable bonds is 5. The van der Waals surface area contributed by atoms with Gasteiger partial charge in [-0.3, -0.25) is 4.98 Å². The van der Waals surface area contributed by atoms with Crippen molar-refractivity contribution in [2.75, 3.05) is 0 Å². The number of benzene rings is 1.